The molecule has 0 amide bonds. The van der Waals surface area contributed by atoms with Crippen LogP contribution in [-0.4, -0.2) is 29.9 Å². The maximum absolute atomic E-state index is 5.15. The summed E-state index contributed by atoms with van der Waals surface area (Å²) in [6, 6.07) is 44.7. The van der Waals surface area contributed by atoms with E-state index < -0.39 is 0 Å². The summed E-state index contributed by atoms with van der Waals surface area (Å²) in [5, 5.41) is 0. The third-order valence-electron chi connectivity index (χ3n) is 13.2. The van der Waals surface area contributed by atoms with Crippen LogP contribution in [0.15, 0.2) is 158 Å². The molecule has 0 atom stereocenters. The van der Waals surface area contributed by atoms with Crippen molar-refractivity contribution in [3.63, 3.8) is 0 Å². The van der Waals surface area contributed by atoms with Crippen LogP contribution in [0.1, 0.15) is 73.3 Å². The molecule has 2 heterocycles. The van der Waals surface area contributed by atoms with Gasteiger partial charge >= 0.3 is 0 Å². The lowest BCUT2D eigenvalue weighted by Crippen LogP contribution is -2.17. The molecule has 8 aromatic rings. The largest absolute Gasteiger partial charge is 0.208 e. The third-order valence-corrected chi connectivity index (χ3v) is 13.2. The highest BCUT2D eigenvalue weighted by Crippen LogP contribution is 2.58. The van der Waals surface area contributed by atoms with E-state index in [0.717, 1.165) is 39.8 Å². The molecule has 0 saturated carbocycles. The molecule has 6 aromatic carbocycles. The van der Waals surface area contributed by atoms with E-state index in [-0.39, 0.29) is 10.8 Å². The Morgan fingerprint density at radius 2 is 0.778 bits per heavy atom. The quantitative estimate of drug-likeness (QED) is 0.166. The molecule has 0 spiro atoms. The predicted molar refractivity (Wildman–Crippen MR) is 256 cm³/mol. The first-order chi connectivity index (χ1) is 30.5. The molecule has 0 N–H and O–H groups in total. The molecule has 0 bridgehead atoms. The Morgan fingerprint density at radius 3 is 1.19 bits per heavy atom. The lowest BCUT2D eigenvalue weighted by molar-refractivity contribution is 0.652. The Morgan fingerprint density at radius 1 is 0.397 bits per heavy atom. The highest BCUT2D eigenvalue weighted by Gasteiger charge is 2.43. The number of hydrogen-bond donors (Lipinski definition) is 0. The minimum atomic E-state index is -0.274. The van der Waals surface area contributed by atoms with Gasteiger partial charge in [0.05, 0.1) is 0 Å². The molecule has 11 rings (SSSR count). The van der Waals surface area contributed by atoms with Crippen LogP contribution >= 0.6 is 0 Å². The zero-order valence-corrected chi connectivity index (χ0v) is 36.4. The highest BCUT2D eigenvalue weighted by atomic mass is 15.0. The molecular weight excluding hydrogens is 769 g/mol. The normalized spacial score (nSPS) is 15.0. The van der Waals surface area contributed by atoms with Crippen molar-refractivity contribution in [2.45, 2.75) is 58.8 Å². The minimum Gasteiger partial charge on any atom is -0.208 e. The molecule has 0 aliphatic heterocycles. The Bertz CT molecular complexity index is 3190. The minimum absolute atomic E-state index is 0.273. The van der Waals surface area contributed by atoms with Gasteiger partial charge in [-0.3, -0.25) is 0 Å². The second kappa shape index (κ2) is 14.6. The van der Waals surface area contributed by atoms with Gasteiger partial charge in [0.25, 0.3) is 0 Å². The number of fused-ring (bicyclic) bond motifs is 6. The first-order valence-electron chi connectivity index (χ1n) is 21.8. The standard InChI is InChI=1S/C57H46N6/c1-34-28-40(54-60-50(36-20-12-7-8-13-21-36)58-51(61-54)37-22-14-9-15-23-37)30-46-48(34)42-32-45-43(33-44(42)56(46,3)4)49-35(2)29-41(31-47(49)57(45,5)6)55-62-52(38-24-16-10-17-25-38)59-53(63-55)39-26-18-11-19-27-39/h7-12,14-33H,13H2,1-6H3. The molecule has 304 valence electrons. The SMILES string of the molecule is Cc1cc(-c2nc(C3=CCC=CC=C3)nc(-c3ccccc3)n2)cc2c1-c1cc3c(cc1C2(C)C)-c1c(C)cc(-c2nc(-c4ccccc4)nc(-c4ccccc4)n2)cc1C3(C)C. The Kier molecular flexibility index (Phi) is 8.91. The zero-order chi connectivity index (χ0) is 43.0. The van der Waals surface area contributed by atoms with E-state index in [1.54, 1.807) is 0 Å². The summed E-state index contributed by atoms with van der Waals surface area (Å²) in [6.45, 7) is 13.9. The summed E-state index contributed by atoms with van der Waals surface area (Å²) >= 11 is 0. The molecule has 0 unspecified atom stereocenters. The van der Waals surface area contributed by atoms with Gasteiger partial charge in [-0.1, -0.05) is 149 Å². The fourth-order valence-electron chi connectivity index (χ4n) is 9.90. The maximum atomic E-state index is 5.15. The Labute approximate surface area is 369 Å². The molecular formula is C57H46N6. The number of hydrogen-bond acceptors (Lipinski definition) is 6. The fraction of sp³-hybridized carbons (Fsp3) is 0.158. The average molecular weight is 815 g/mol. The van der Waals surface area contributed by atoms with Gasteiger partial charge in [-0.05, 0) is 112 Å². The van der Waals surface area contributed by atoms with Gasteiger partial charge in [-0.2, -0.15) is 0 Å². The van der Waals surface area contributed by atoms with Crippen LogP contribution in [0.4, 0.5) is 0 Å². The van der Waals surface area contributed by atoms with Gasteiger partial charge in [0, 0.05) is 44.2 Å². The molecule has 63 heavy (non-hydrogen) atoms. The molecule has 3 aliphatic rings. The number of allylic oxidation sites excluding steroid dienone is 6. The van der Waals surface area contributed by atoms with E-state index in [2.05, 4.69) is 145 Å². The summed E-state index contributed by atoms with van der Waals surface area (Å²) in [5.41, 5.74) is 18.2. The molecule has 2 aromatic heterocycles. The average Bonchev–Trinajstić information content (AvgIpc) is 3.49. The van der Waals surface area contributed by atoms with Crippen LogP contribution in [0, 0.1) is 13.8 Å². The number of aryl methyl sites for hydroxylation is 2. The maximum Gasteiger partial charge on any atom is 0.164 e. The van der Waals surface area contributed by atoms with Crippen LogP contribution in [0.2, 0.25) is 0 Å². The number of rotatable bonds is 6. The van der Waals surface area contributed by atoms with E-state index in [4.69, 9.17) is 29.9 Å². The van der Waals surface area contributed by atoms with Crippen molar-refractivity contribution in [1.82, 2.24) is 29.9 Å². The first-order valence-corrected chi connectivity index (χ1v) is 21.8. The smallest absolute Gasteiger partial charge is 0.164 e. The predicted octanol–water partition coefficient (Wildman–Crippen LogP) is 13.5. The Balaban J connectivity index is 1.02. The molecule has 0 saturated heterocycles. The van der Waals surface area contributed by atoms with Gasteiger partial charge in [-0.25, -0.2) is 29.9 Å². The van der Waals surface area contributed by atoms with E-state index in [0.29, 0.717) is 34.9 Å². The summed E-state index contributed by atoms with van der Waals surface area (Å²) < 4.78 is 0. The molecule has 6 heteroatoms. The van der Waals surface area contributed by atoms with Crippen molar-refractivity contribution in [2.75, 3.05) is 0 Å². The number of benzene rings is 6. The lowest BCUT2D eigenvalue weighted by atomic mass is 9.79. The van der Waals surface area contributed by atoms with E-state index in [1.165, 1.54) is 55.6 Å². The molecule has 0 radical (unpaired) electrons. The Hall–Kier alpha value is -7.44. The monoisotopic (exact) mass is 814 g/mol. The number of nitrogens with zero attached hydrogens (tertiary/aromatic N) is 6. The topological polar surface area (TPSA) is 77.3 Å². The van der Waals surface area contributed by atoms with Crippen LogP contribution in [0.3, 0.4) is 0 Å². The van der Waals surface area contributed by atoms with Crippen molar-refractivity contribution in [3.8, 4) is 79.2 Å². The van der Waals surface area contributed by atoms with Gasteiger partial charge in [0.1, 0.15) is 0 Å². The highest BCUT2D eigenvalue weighted by molar-refractivity contribution is 5.93. The van der Waals surface area contributed by atoms with Gasteiger partial charge in [-0.15, -0.1) is 0 Å². The molecule has 6 nitrogen and oxygen atoms in total. The summed E-state index contributed by atoms with van der Waals surface area (Å²) in [5.74, 6) is 4.02. The second-order valence-electron chi connectivity index (χ2n) is 18.0. The fourth-order valence-corrected chi connectivity index (χ4v) is 9.90. The van der Waals surface area contributed by atoms with Crippen LogP contribution in [0.25, 0.3) is 84.8 Å². The second-order valence-corrected chi connectivity index (χ2v) is 18.0. The van der Waals surface area contributed by atoms with E-state index in [1.807, 2.05) is 54.6 Å². The van der Waals surface area contributed by atoms with Crippen LogP contribution < -0.4 is 0 Å². The van der Waals surface area contributed by atoms with E-state index >= 15 is 0 Å². The van der Waals surface area contributed by atoms with Gasteiger partial charge in [0.2, 0.25) is 0 Å². The summed E-state index contributed by atoms with van der Waals surface area (Å²) in [4.78, 5) is 30.4. The molecule has 0 fully saturated rings. The first kappa shape index (κ1) is 38.5. The van der Waals surface area contributed by atoms with E-state index in [9.17, 15) is 0 Å². The number of aromatic nitrogens is 6. The van der Waals surface area contributed by atoms with Crippen molar-refractivity contribution in [1.29, 1.82) is 0 Å². The third kappa shape index (κ3) is 6.39. The van der Waals surface area contributed by atoms with Gasteiger partial charge in [0.15, 0.2) is 34.9 Å². The van der Waals surface area contributed by atoms with Crippen molar-refractivity contribution in [3.05, 3.63) is 197 Å². The van der Waals surface area contributed by atoms with Crippen molar-refractivity contribution < 1.29 is 0 Å². The van der Waals surface area contributed by atoms with Crippen molar-refractivity contribution in [2.24, 2.45) is 0 Å². The van der Waals surface area contributed by atoms with Crippen LogP contribution in [-0.2, 0) is 10.8 Å². The summed E-state index contributed by atoms with van der Waals surface area (Å²) in [6.07, 6.45) is 11.4. The zero-order valence-electron chi connectivity index (χ0n) is 36.4. The van der Waals surface area contributed by atoms with Crippen LogP contribution in [0.5, 0.6) is 0 Å². The lowest BCUT2D eigenvalue weighted by Gasteiger charge is -2.24. The van der Waals surface area contributed by atoms with Crippen molar-refractivity contribution >= 4 is 5.57 Å². The molecule has 3 aliphatic carbocycles. The summed E-state index contributed by atoms with van der Waals surface area (Å²) in [7, 11) is 0. The van der Waals surface area contributed by atoms with Gasteiger partial charge < -0.3 is 0 Å².